The third-order valence-electron chi connectivity index (χ3n) is 12.4. The van der Waals surface area contributed by atoms with Gasteiger partial charge in [0.05, 0.1) is 16.8 Å². The van der Waals surface area contributed by atoms with Gasteiger partial charge in [-0.15, -0.1) is 0 Å². The number of rotatable bonds is 5. The molecule has 2 heteroatoms. The van der Waals surface area contributed by atoms with Gasteiger partial charge in [-0.1, -0.05) is 145 Å². The predicted molar refractivity (Wildman–Crippen MR) is 228 cm³/mol. The van der Waals surface area contributed by atoms with Crippen molar-refractivity contribution in [2.45, 2.75) is 64.2 Å². The van der Waals surface area contributed by atoms with E-state index in [1.807, 2.05) is 0 Å². The van der Waals surface area contributed by atoms with E-state index in [2.05, 4.69) is 198 Å². The minimum atomic E-state index is -0.219. The van der Waals surface area contributed by atoms with Crippen molar-refractivity contribution >= 4 is 39.0 Å². The van der Waals surface area contributed by atoms with Crippen LogP contribution < -0.4 is 4.90 Å². The highest BCUT2D eigenvalue weighted by Gasteiger charge is 2.43. The molecule has 2 aliphatic carbocycles. The Morgan fingerprint density at radius 2 is 1.04 bits per heavy atom. The van der Waals surface area contributed by atoms with Gasteiger partial charge in [0.1, 0.15) is 11.2 Å². The van der Waals surface area contributed by atoms with Crippen LogP contribution in [0.25, 0.3) is 55.3 Å². The summed E-state index contributed by atoms with van der Waals surface area (Å²) in [6, 6.07) is 55.9. The van der Waals surface area contributed by atoms with Gasteiger partial charge in [-0.2, -0.15) is 0 Å². The molecule has 0 N–H and O–H groups in total. The second-order valence-electron chi connectivity index (χ2n) is 17.3. The van der Waals surface area contributed by atoms with Gasteiger partial charge in [-0.3, -0.25) is 0 Å². The topological polar surface area (TPSA) is 16.4 Å². The summed E-state index contributed by atoms with van der Waals surface area (Å²) >= 11 is 0. The maximum absolute atomic E-state index is 6.85. The van der Waals surface area contributed by atoms with Crippen molar-refractivity contribution in [1.29, 1.82) is 0 Å². The number of benzene rings is 7. The van der Waals surface area contributed by atoms with E-state index in [1.54, 1.807) is 0 Å². The Kier molecular flexibility index (Phi) is 7.02. The van der Waals surface area contributed by atoms with Gasteiger partial charge in [-0.25, -0.2) is 0 Å². The smallest absolute Gasteiger partial charge is 0.137 e. The molecule has 54 heavy (non-hydrogen) atoms. The van der Waals surface area contributed by atoms with E-state index < -0.39 is 0 Å². The Morgan fingerprint density at radius 1 is 0.463 bits per heavy atom. The zero-order valence-corrected chi connectivity index (χ0v) is 32.0. The van der Waals surface area contributed by atoms with E-state index in [9.17, 15) is 0 Å². The van der Waals surface area contributed by atoms with Crippen LogP contribution in [0.2, 0.25) is 0 Å². The van der Waals surface area contributed by atoms with Gasteiger partial charge in [0.15, 0.2) is 0 Å². The average Bonchev–Trinajstić information content (AvgIpc) is 3.73. The molecule has 2 aliphatic rings. The molecule has 0 atom stereocenters. The van der Waals surface area contributed by atoms with Crippen LogP contribution in [0, 0.1) is 0 Å². The first kappa shape index (κ1) is 32.8. The summed E-state index contributed by atoms with van der Waals surface area (Å²) in [7, 11) is 0. The fraction of sp³-hybridized carbons (Fsp3) is 0.192. The first-order valence-corrected chi connectivity index (χ1v) is 19.3. The summed E-state index contributed by atoms with van der Waals surface area (Å²) in [6.07, 6.45) is 1.11. The van der Waals surface area contributed by atoms with Crippen molar-refractivity contribution in [3.8, 4) is 33.4 Å². The predicted octanol–water partition coefficient (Wildman–Crippen LogP) is 14.7. The Balaban J connectivity index is 1.31. The van der Waals surface area contributed by atoms with Gasteiger partial charge in [0, 0.05) is 16.5 Å². The normalized spacial score (nSPS) is 16.0. The number of nitrogens with zero attached hydrogens (tertiary/aromatic N) is 1. The molecule has 10 rings (SSSR count). The molecule has 0 aliphatic heterocycles. The van der Waals surface area contributed by atoms with Crippen molar-refractivity contribution in [1.82, 2.24) is 0 Å². The lowest BCUT2D eigenvalue weighted by Gasteiger charge is -2.33. The zero-order chi connectivity index (χ0) is 37.0. The van der Waals surface area contributed by atoms with E-state index in [0.29, 0.717) is 0 Å². The van der Waals surface area contributed by atoms with Crippen LogP contribution in [0.3, 0.4) is 0 Å². The minimum absolute atomic E-state index is 0.0654. The quantitative estimate of drug-likeness (QED) is 0.178. The largest absolute Gasteiger partial charge is 0.456 e. The van der Waals surface area contributed by atoms with E-state index in [4.69, 9.17) is 4.42 Å². The van der Waals surface area contributed by atoms with Crippen LogP contribution in [0.15, 0.2) is 156 Å². The summed E-state index contributed by atoms with van der Waals surface area (Å²) in [4.78, 5) is 2.53. The highest BCUT2D eigenvalue weighted by atomic mass is 16.3. The molecule has 0 radical (unpaired) electrons. The second-order valence-corrected chi connectivity index (χ2v) is 17.3. The maximum atomic E-state index is 6.85. The average molecular weight is 700 g/mol. The number of hydrogen-bond donors (Lipinski definition) is 0. The highest BCUT2D eigenvalue weighted by Crippen LogP contribution is 2.56. The summed E-state index contributed by atoms with van der Waals surface area (Å²) in [6.45, 7) is 14.3. The van der Waals surface area contributed by atoms with E-state index >= 15 is 0 Å². The van der Waals surface area contributed by atoms with Crippen LogP contribution in [0.5, 0.6) is 0 Å². The first-order chi connectivity index (χ1) is 26.0. The third-order valence-corrected chi connectivity index (χ3v) is 12.4. The second kappa shape index (κ2) is 11.6. The van der Waals surface area contributed by atoms with E-state index in [-0.39, 0.29) is 16.2 Å². The van der Waals surface area contributed by atoms with Gasteiger partial charge in [-0.05, 0) is 121 Å². The highest BCUT2D eigenvalue weighted by molar-refractivity contribution is 6.14. The molecule has 0 bridgehead atoms. The van der Waals surface area contributed by atoms with E-state index in [1.165, 1.54) is 66.7 Å². The Bertz CT molecular complexity index is 2710. The molecular formula is C52H45NO. The number of fused-ring (bicyclic) bond motifs is 7. The lowest BCUT2D eigenvalue weighted by atomic mass is 9.81. The van der Waals surface area contributed by atoms with Crippen LogP contribution in [-0.2, 0) is 16.2 Å². The van der Waals surface area contributed by atoms with Crippen LogP contribution in [0.1, 0.15) is 70.2 Å². The third kappa shape index (κ3) is 4.86. The fourth-order valence-corrected chi connectivity index (χ4v) is 10.2. The lowest BCUT2D eigenvalue weighted by molar-refractivity contribution is 0.403. The SMILES string of the molecule is CC1(C)CC(C)(C)c2cc3c(cc21)oc1cccc(N(c2cc(-c4ccccc4)cc(-c4ccccc4)c2)c2cccc4c2C(C)(C)c2ccccc2-4)c13. The molecule has 1 aromatic heterocycles. The van der Waals surface area contributed by atoms with Gasteiger partial charge in [0.2, 0.25) is 0 Å². The van der Waals surface area contributed by atoms with E-state index in [0.717, 1.165) is 34.3 Å². The van der Waals surface area contributed by atoms with Crippen molar-refractivity contribution in [3.05, 3.63) is 174 Å². The molecule has 7 aromatic carbocycles. The zero-order valence-electron chi connectivity index (χ0n) is 32.0. The molecule has 0 spiro atoms. The molecule has 264 valence electrons. The molecule has 0 saturated carbocycles. The maximum Gasteiger partial charge on any atom is 0.137 e. The molecule has 0 unspecified atom stereocenters. The van der Waals surface area contributed by atoms with Crippen molar-refractivity contribution in [3.63, 3.8) is 0 Å². The molecule has 8 aromatic rings. The lowest BCUT2D eigenvalue weighted by Crippen LogP contribution is -2.21. The summed E-state index contributed by atoms with van der Waals surface area (Å²) in [5, 5.41) is 2.32. The first-order valence-electron chi connectivity index (χ1n) is 19.3. The Labute approximate surface area is 318 Å². The number of hydrogen-bond acceptors (Lipinski definition) is 2. The van der Waals surface area contributed by atoms with Crippen molar-refractivity contribution in [2.24, 2.45) is 0 Å². The summed E-state index contributed by atoms with van der Waals surface area (Å²) in [5.74, 6) is 0. The van der Waals surface area contributed by atoms with Crippen LogP contribution in [-0.4, -0.2) is 0 Å². The molecule has 0 fully saturated rings. The molecule has 0 saturated heterocycles. The molecule has 0 amide bonds. The van der Waals surface area contributed by atoms with Gasteiger partial charge in [0.25, 0.3) is 0 Å². The van der Waals surface area contributed by atoms with Gasteiger partial charge >= 0.3 is 0 Å². The Hall–Kier alpha value is -5.86. The van der Waals surface area contributed by atoms with Gasteiger partial charge < -0.3 is 9.32 Å². The molecule has 2 nitrogen and oxygen atoms in total. The van der Waals surface area contributed by atoms with Crippen molar-refractivity contribution < 1.29 is 4.42 Å². The van der Waals surface area contributed by atoms with Crippen LogP contribution >= 0.6 is 0 Å². The standard InChI is InChI=1S/C52H45NO/c1-50(2)32-51(3,4)43-31-47-40(30-42(43)50)48-44(24-16-26-46(48)54-47)53(45-25-15-22-39-38-21-13-14-23-41(38)52(5,6)49(39)45)37-28-35(33-17-9-7-10-18-33)27-36(29-37)34-19-11-8-12-20-34/h7-31H,32H2,1-6H3. The number of anilines is 3. The fourth-order valence-electron chi connectivity index (χ4n) is 10.2. The Morgan fingerprint density at radius 3 is 1.72 bits per heavy atom. The summed E-state index contributed by atoms with van der Waals surface area (Å²) in [5.41, 5.74) is 18.1. The minimum Gasteiger partial charge on any atom is -0.456 e. The monoisotopic (exact) mass is 699 g/mol. The molecule has 1 heterocycles. The summed E-state index contributed by atoms with van der Waals surface area (Å²) < 4.78 is 6.85. The number of furan rings is 1. The van der Waals surface area contributed by atoms with Crippen LogP contribution in [0.4, 0.5) is 17.1 Å². The molecular weight excluding hydrogens is 655 g/mol. The van der Waals surface area contributed by atoms with Crippen molar-refractivity contribution in [2.75, 3.05) is 4.90 Å².